The second-order valence-electron chi connectivity index (χ2n) is 9.80. The van der Waals surface area contributed by atoms with Gasteiger partial charge in [-0.2, -0.15) is 0 Å². The largest absolute Gasteiger partial charge is 0.423 e. The van der Waals surface area contributed by atoms with Gasteiger partial charge in [0, 0.05) is 33.9 Å². The summed E-state index contributed by atoms with van der Waals surface area (Å²) in [7, 11) is 0. The van der Waals surface area contributed by atoms with E-state index >= 15 is 0 Å². The predicted octanol–water partition coefficient (Wildman–Crippen LogP) is 7.21. The first-order chi connectivity index (χ1) is 21.6. The molecule has 45 heavy (non-hydrogen) atoms. The number of hydrogen-bond acceptors (Lipinski definition) is 6. The van der Waals surface area contributed by atoms with Crippen LogP contribution < -0.4 is 14.2 Å². The molecule has 220 valence electrons. The number of hydrogen-bond donors (Lipinski definition) is 0. The summed E-state index contributed by atoms with van der Waals surface area (Å²) in [5.74, 6) is 11.8. The molecule has 0 aliphatic heterocycles. The van der Waals surface area contributed by atoms with Crippen LogP contribution in [0.4, 0.5) is 0 Å². The molecule has 4 aromatic carbocycles. The minimum absolute atomic E-state index is 0.248. The summed E-state index contributed by atoms with van der Waals surface area (Å²) in [6.07, 6.45) is 1.08. The van der Waals surface area contributed by atoms with Crippen molar-refractivity contribution in [2.75, 3.05) is 0 Å². The maximum Gasteiger partial charge on any atom is 0.338 e. The third kappa shape index (κ3) is 9.06. The summed E-state index contributed by atoms with van der Waals surface area (Å²) in [6.45, 7) is 13.8. The van der Waals surface area contributed by atoms with Crippen LogP contribution in [0.25, 0.3) is 11.1 Å². The van der Waals surface area contributed by atoms with E-state index in [1.807, 2.05) is 36.4 Å². The van der Waals surface area contributed by atoms with Gasteiger partial charge in [-0.05, 0) is 91.7 Å². The standard InChI is InChI=1S/C39H28O6/c1-6-37(40)43-34-21-13-29(14-22-34)11-17-33-18-12-30(25-36(33)45-39(42)27(4)5)8-7-28-9-15-31(16-10-28)32-19-23-35(24-20-32)44-38(41)26(2)3/h6,9-10,12-16,18-25H,1-2,4H2,3,5H3. The Morgan fingerprint density at radius 3 is 1.60 bits per heavy atom. The third-order valence-corrected chi connectivity index (χ3v) is 6.10. The van der Waals surface area contributed by atoms with E-state index in [1.54, 1.807) is 68.4 Å². The van der Waals surface area contributed by atoms with Crippen molar-refractivity contribution in [1.29, 1.82) is 0 Å². The van der Waals surface area contributed by atoms with Crippen molar-refractivity contribution in [3.8, 4) is 52.1 Å². The molecule has 6 heteroatoms. The molecule has 0 bridgehead atoms. The van der Waals surface area contributed by atoms with Crippen LogP contribution in [0.3, 0.4) is 0 Å². The molecule has 0 saturated carbocycles. The molecule has 0 aromatic heterocycles. The molecule has 6 nitrogen and oxygen atoms in total. The SMILES string of the molecule is C=CC(=O)Oc1ccc(C#Cc2ccc(C#Cc3ccc(-c4ccc(OC(=O)C(=C)C)cc4)cc3)cc2OC(=O)C(=C)C)cc1. The molecule has 0 atom stereocenters. The molecule has 0 radical (unpaired) electrons. The summed E-state index contributed by atoms with van der Waals surface area (Å²) in [6, 6.07) is 26.8. The minimum atomic E-state index is -0.575. The summed E-state index contributed by atoms with van der Waals surface area (Å²) in [5.41, 5.74) is 5.08. The van der Waals surface area contributed by atoms with Crippen molar-refractivity contribution < 1.29 is 28.6 Å². The number of benzene rings is 4. The second kappa shape index (κ2) is 14.7. The van der Waals surface area contributed by atoms with Gasteiger partial charge in [-0.15, -0.1) is 0 Å². The molecule has 4 aromatic rings. The van der Waals surface area contributed by atoms with E-state index in [-0.39, 0.29) is 11.3 Å². The first kappa shape index (κ1) is 31.6. The van der Waals surface area contributed by atoms with E-state index in [0.717, 1.165) is 22.8 Å². The molecule has 0 aliphatic rings. The van der Waals surface area contributed by atoms with E-state index in [4.69, 9.17) is 14.2 Å². The number of carbonyl (C=O) groups excluding carboxylic acids is 3. The highest BCUT2D eigenvalue weighted by atomic mass is 16.5. The number of esters is 3. The number of carbonyl (C=O) groups is 3. The Balaban J connectivity index is 1.52. The molecule has 0 amide bonds. The van der Waals surface area contributed by atoms with Crippen molar-refractivity contribution in [2.45, 2.75) is 13.8 Å². The van der Waals surface area contributed by atoms with Crippen molar-refractivity contribution >= 4 is 17.9 Å². The molecule has 0 spiro atoms. The lowest BCUT2D eigenvalue weighted by molar-refractivity contribution is -0.130. The first-order valence-electron chi connectivity index (χ1n) is 13.7. The van der Waals surface area contributed by atoms with Crippen LogP contribution in [-0.2, 0) is 14.4 Å². The van der Waals surface area contributed by atoms with Crippen LogP contribution in [0.15, 0.2) is 128 Å². The Kier molecular flexibility index (Phi) is 10.3. The van der Waals surface area contributed by atoms with Crippen LogP contribution in [0.2, 0.25) is 0 Å². The Morgan fingerprint density at radius 2 is 1.02 bits per heavy atom. The zero-order chi connectivity index (χ0) is 32.3. The fourth-order valence-corrected chi connectivity index (χ4v) is 3.68. The van der Waals surface area contributed by atoms with Gasteiger partial charge in [0.15, 0.2) is 0 Å². The van der Waals surface area contributed by atoms with Crippen LogP contribution in [-0.4, -0.2) is 17.9 Å². The molecule has 4 rings (SSSR count). The molecule has 0 N–H and O–H groups in total. The topological polar surface area (TPSA) is 78.9 Å². The highest BCUT2D eigenvalue weighted by Crippen LogP contribution is 2.24. The lowest BCUT2D eigenvalue weighted by Gasteiger charge is -2.07. The van der Waals surface area contributed by atoms with Gasteiger partial charge >= 0.3 is 17.9 Å². The summed E-state index contributed by atoms with van der Waals surface area (Å²) in [4.78, 5) is 35.4. The molecule has 0 aliphatic carbocycles. The third-order valence-electron chi connectivity index (χ3n) is 6.10. The van der Waals surface area contributed by atoms with Gasteiger partial charge in [-0.25, -0.2) is 14.4 Å². The minimum Gasteiger partial charge on any atom is -0.423 e. The van der Waals surface area contributed by atoms with E-state index in [9.17, 15) is 14.4 Å². The van der Waals surface area contributed by atoms with Crippen LogP contribution in [0.1, 0.15) is 36.1 Å². The molecule has 0 heterocycles. The van der Waals surface area contributed by atoms with E-state index < -0.39 is 17.9 Å². The highest BCUT2D eigenvalue weighted by Gasteiger charge is 2.10. The molecule has 0 saturated heterocycles. The lowest BCUT2D eigenvalue weighted by atomic mass is 10.0. The lowest BCUT2D eigenvalue weighted by Crippen LogP contribution is -2.09. The van der Waals surface area contributed by atoms with Crippen molar-refractivity contribution in [1.82, 2.24) is 0 Å². The van der Waals surface area contributed by atoms with Crippen LogP contribution >= 0.6 is 0 Å². The van der Waals surface area contributed by atoms with Gasteiger partial charge in [-0.3, -0.25) is 0 Å². The van der Waals surface area contributed by atoms with E-state index in [2.05, 4.69) is 43.4 Å². The number of rotatable bonds is 7. The molecular formula is C39H28O6. The average molecular weight is 593 g/mol. The first-order valence-corrected chi connectivity index (χ1v) is 13.7. The van der Waals surface area contributed by atoms with Crippen molar-refractivity contribution in [2.24, 2.45) is 0 Å². The summed E-state index contributed by atoms with van der Waals surface area (Å²) < 4.78 is 15.9. The summed E-state index contributed by atoms with van der Waals surface area (Å²) >= 11 is 0. The van der Waals surface area contributed by atoms with Gasteiger partial charge in [-0.1, -0.05) is 67.7 Å². The highest BCUT2D eigenvalue weighted by molar-refractivity contribution is 5.89. The van der Waals surface area contributed by atoms with E-state index in [0.29, 0.717) is 33.8 Å². The maximum atomic E-state index is 12.3. The smallest absolute Gasteiger partial charge is 0.338 e. The van der Waals surface area contributed by atoms with Gasteiger partial charge in [0.2, 0.25) is 0 Å². The van der Waals surface area contributed by atoms with Gasteiger partial charge < -0.3 is 14.2 Å². The average Bonchev–Trinajstić information content (AvgIpc) is 3.04. The van der Waals surface area contributed by atoms with Gasteiger partial charge in [0.25, 0.3) is 0 Å². The van der Waals surface area contributed by atoms with Gasteiger partial charge in [0.05, 0.1) is 5.56 Å². The Labute approximate surface area is 262 Å². The Morgan fingerprint density at radius 1 is 0.578 bits per heavy atom. The number of ether oxygens (including phenoxy) is 3. The maximum absolute atomic E-state index is 12.3. The van der Waals surface area contributed by atoms with Crippen molar-refractivity contribution in [3.05, 3.63) is 150 Å². The van der Waals surface area contributed by atoms with Gasteiger partial charge in [0.1, 0.15) is 17.2 Å². The Hall–Kier alpha value is -6.37. The quantitative estimate of drug-likeness (QED) is 0.0977. The summed E-state index contributed by atoms with van der Waals surface area (Å²) in [5, 5.41) is 0. The predicted molar refractivity (Wildman–Crippen MR) is 173 cm³/mol. The van der Waals surface area contributed by atoms with Crippen LogP contribution in [0, 0.1) is 23.7 Å². The monoisotopic (exact) mass is 592 g/mol. The zero-order valence-corrected chi connectivity index (χ0v) is 24.8. The van der Waals surface area contributed by atoms with E-state index in [1.165, 1.54) is 0 Å². The fraction of sp³-hybridized carbons (Fsp3) is 0.0513. The normalized spacial score (nSPS) is 9.73. The Bertz CT molecular complexity index is 1920. The molecule has 0 fully saturated rings. The van der Waals surface area contributed by atoms with Crippen LogP contribution in [0.5, 0.6) is 17.2 Å². The second-order valence-corrected chi connectivity index (χ2v) is 9.80. The van der Waals surface area contributed by atoms with Crippen molar-refractivity contribution in [3.63, 3.8) is 0 Å². The fourth-order valence-electron chi connectivity index (χ4n) is 3.68. The molecule has 0 unspecified atom stereocenters. The zero-order valence-electron chi connectivity index (χ0n) is 24.8. The molecular weight excluding hydrogens is 564 g/mol.